The average Bonchev–Trinajstić information content (AvgIpc) is 3.22. The second kappa shape index (κ2) is 9.93. The van der Waals surface area contributed by atoms with E-state index < -0.39 is 5.91 Å². The van der Waals surface area contributed by atoms with Gasteiger partial charge in [-0.1, -0.05) is 34.1 Å². The summed E-state index contributed by atoms with van der Waals surface area (Å²) in [7, 11) is 0. The van der Waals surface area contributed by atoms with Crippen LogP contribution in [-0.2, 0) is 4.79 Å². The van der Waals surface area contributed by atoms with Crippen molar-refractivity contribution < 1.29 is 18.7 Å². The number of benzene rings is 3. The number of nitrogens with zero attached hydrogens (tertiary/aromatic N) is 1. The highest BCUT2D eigenvalue weighted by atomic mass is 79.9. The van der Waals surface area contributed by atoms with Crippen molar-refractivity contribution in [2.24, 2.45) is 5.10 Å². The lowest BCUT2D eigenvalue weighted by atomic mass is 10.2. The molecule has 2 amide bonds. The maximum atomic E-state index is 12.2. The minimum Gasteiger partial charge on any atom is -0.484 e. The Morgan fingerprint density at radius 1 is 1.00 bits per heavy atom. The highest BCUT2D eigenvalue weighted by Crippen LogP contribution is 2.23. The summed E-state index contributed by atoms with van der Waals surface area (Å²) < 4.78 is 11.9. The van der Waals surface area contributed by atoms with Gasteiger partial charge in [0.05, 0.1) is 6.21 Å². The van der Waals surface area contributed by atoms with Gasteiger partial charge in [-0.25, -0.2) is 5.43 Å². The quantitative estimate of drug-likeness (QED) is 0.281. The Bertz CT molecular complexity index is 1270. The summed E-state index contributed by atoms with van der Waals surface area (Å²) in [5.74, 6) is 0.0241. The van der Waals surface area contributed by atoms with Gasteiger partial charge < -0.3 is 14.5 Å². The smallest absolute Gasteiger partial charge is 0.307 e. The fourth-order valence-electron chi connectivity index (χ4n) is 2.86. The summed E-state index contributed by atoms with van der Waals surface area (Å²) in [4.78, 5) is 24.2. The van der Waals surface area contributed by atoms with Crippen molar-refractivity contribution >= 4 is 50.6 Å². The van der Waals surface area contributed by atoms with Crippen LogP contribution in [0.2, 0.25) is 0 Å². The molecule has 0 radical (unpaired) electrons. The maximum Gasteiger partial charge on any atom is 0.307 e. The van der Waals surface area contributed by atoms with Gasteiger partial charge in [0.25, 0.3) is 5.91 Å². The monoisotopic (exact) mass is 491 g/mol. The van der Waals surface area contributed by atoms with Crippen LogP contribution >= 0.6 is 15.9 Å². The van der Waals surface area contributed by atoms with Gasteiger partial charge in [0.15, 0.2) is 12.4 Å². The number of hydrogen-bond acceptors (Lipinski definition) is 5. The molecular weight excluding hydrogens is 474 g/mol. The molecule has 2 N–H and O–H groups in total. The van der Waals surface area contributed by atoms with E-state index in [1.54, 1.807) is 48.5 Å². The first-order valence-corrected chi connectivity index (χ1v) is 10.5. The number of anilines is 1. The Balaban J connectivity index is 1.27. The molecule has 7 nitrogen and oxygen atoms in total. The van der Waals surface area contributed by atoms with Crippen LogP contribution < -0.4 is 15.5 Å². The highest BCUT2D eigenvalue weighted by molar-refractivity contribution is 9.10. The number of carbonyl (C=O) groups excluding carboxylic acids is 2. The van der Waals surface area contributed by atoms with Gasteiger partial charge in [0, 0.05) is 15.5 Å². The first-order valence-electron chi connectivity index (χ1n) is 9.67. The van der Waals surface area contributed by atoms with Gasteiger partial charge in [-0.2, -0.15) is 5.10 Å². The summed E-state index contributed by atoms with van der Waals surface area (Å²) in [6.45, 7) is -0.105. The largest absolute Gasteiger partial charge is 0.484 e. The van der Waals surface area contributed by atoms with Crippen LogP contribution in [-0.4, -0.2) is 24.6 Å². The third-order valence-electron chi connectivity index (χ3n) is 4.39. The molecule has 0 unspecified atom stereocenters. The summed E-state index contributed by atoms with van der Waals surface area (Å²) >= 11 is 3.39. The molecule has 0 aliphatic heterocycles. The number of carbonyl (C=O) groups is 2. The van der Waals surface area contributed by atoms with E-state index in [4.69, 9.17) is 9.15 Å². The van der Waals surface area contributed by atoms with Crippen LogP contribution in [0.15, 0.2) is 92.9 Å². The molecule has 8 heteroatoms. The molecule has 32 heavy (non-hydrogen) atoms. The standard InChI is InChI=1S/C24H18BrN3O4/c25-18-8-11-21-17(12-18)13-22(32-21)24(30)28-26-14-16-6-9-20(10-7-16)31-15-23(29)27-19-4-2-1-3-5-19/h1-14H,15H2,(H,27,29)(H,28,30). The molecule has 0 atom stereocenters. The van der Waals surface area contributed by atoms with E-state index >= 15 is 0 Å². The van der Waals surface area contributed by atoms with Crippen molar-refractivity contribution in [2.45, 2.75) is 0 Å². The lowest BCUT2D eigenvalue weighted by Crippen LogP contribution is -2.20. The van der Waals surface area contributed by atoms with E-state index in [2.05, 4.69) is 31.8 Å². The number of rotatable bonds is 7. The third-order valence-corrected chi connectivity index (χ3v) is 4.88. The van der Waals surface area contributed by atoms with E-state index in [0.29, 0.717) is 17.0 Å². The second-order valence-electron chi connectivity index (χ2n) is 6.76. The molecule has 0 aliphatic carbocycles. The SMILES string of the molecule is O=C(COc1ccc(C=NNC(=O)c2cc3cc(Br)ccc3o2)cc1)Nc1ccccc1. The van der Waals surface area contributed by atoms with E-state index in [-0.39, 0.29) is 18.3 Å². The van der Waals surface area contributed by atoms with E-state index in [1.165, 1.54) is 6.21 Å². The van der Waals surface area contributed by atoms with Crippen LogP contribution in [0, 0.1) is 0 Å². The fourth-order valence-corrected chi connectivity index (χ4v) is 3.24. The molecule has 0 saturated heterocycles. The zero-order valence-electron chi connectivity index (χ0n) is 16.7. The van der Waals surface area contributed by atoms with Crippen molar-refractivity contribution in [3.8, 4) is 5.75 Å². The Morgan fingerprint density at radius 2 is 1.78 bits per heavy atom. The highest BCUT2D eigenvalue weighted by Gasteiger charge is 2.11. The molecule has 0 aliphatic rings. The molecule has 1 aromatic heterocycles. The van der Waals surface area contributed by atoms with Crippen LogP contribution in [0.25, 0.3) is 11.0 Å². The van der Waals surface area contributed by atoms with Gasteiger partial charge in [0.1, 0.15) is 11.3 Å². The first-order chi connectivity index (χ1) is 15.6. The zero-order valence-corrected chi connectivity index (χ0v) is 18.3. The number of furan rings is 1. The van der Waals surface area contributed by atoms with Gasteiger partial charge in [-0.05, 0) is 66.2 Å². The normalized spacial score (nSPS) is 10.9. The summed E-state index contributed by atoms with van der Waals surface area (Å²) in [5.41, 5.74) is 4.53. The summed E-state index contributed by atoms with van der Waals surface area (Å²) in [6, 6.07) is 23.3. The molecule has 0 fully saturated rings. The molecule has 4 rings (SSSR count). The van der Waals surface area contributed by atoms with Crippen molar-refractivity contribution in [2.75, 3.05) is 11.9 Å². The Hall–Kier alpha value is -3.91. The number of para-hydroxylation sites is 1. The number of hydrogen-bond donors (Lipinski definition) is 2. The Kier molecular flexibility index (Phi) is 6.62. The first kappa shape index (κ1) is 21.3. The van der Waals surface area contributed by atoms with E-state index in [9.17, 15) is 9.59 Å². The van der Waals surface area contributed by atoms with Crippen LogP contribution in [0.1, 0.15) is 16.1 Å². The van der Waals surface area contributed by atoms with Gasteiger partial charge in [-0.3, -0.25) is 9.59 Å². The lowest BCUT2D eigenvalue weighted by molar-refractivity contribution is -0.118. The lowest BCUT2D eigenvalue weighted by Gasteiger charge is -2.07. The Morgan fingerprint density at radius 3 is 2.56 bits per heavy atom. The molecule has 160 valence electrons. The number of amides is 2. The minimum absolute atomic E-state index is 0.105. The summed E-state index contributed by atoms with van der Waals surface area (Å²) in [6.07, 6.45) is 1.50. The second-order valence-corrected chi connectivity index (χ2v) is 7.68. The zero-order chi connectivity index (χ0) is 22.3. The average molecular weight is 492 g/mol. The van der Waals surface area contributed by atoms with Crippen molar-refractivity contribution in [3.05, 3.63) is 94.7 Å². The minimum atomic E-state index is -0.446. The molecular formula is C24H18BrN3O4. The number of hydrazone groups is 1. The molecule has 3 aromatic carbocycles. The number of fused-ring (bicyclic) bond motifs is 1. The number of ether oxygens (including phenoxy) is 1. The fraction of sp³-hybridized carbons (Fsp3) is 0.0417. The maximum absolute atomic E-state index is 12.2. The predicted molar refractivity (Wildman–Crippen MR) is 126 cm³/mol. The number of halogens is 1. The number of nitrogens with one attached hydrogen (secondary N) is 2. The molecule has 1 heterocycles. The van der Waals surface area contributed by atoms with Crippen LogP contribution in [0.4, 0.5) is 5.69 Å². The predicted octanol–water partition coefficient (Wildman–Crippen LogP) is 4.98. The van der Waals surface area contributed by atoms with Gasteiger partial charge in [-0.15, -0.1) is 0 Å². The van der Waals surface area contributed by atoms with Gasteiger partial charge in [0.2, 0.25) is 0 Å². The van der Waals surface area contributed by atoms with Crippen molar-refractivity contribution in [3.63, 3.8) is 0 Å². The third kappa shape index (κ3) is 5.61. The van der Waals surface area contributed by atoms with Crippen molar-refractivity contribution in [1.29, 1.82) is 0 Å². The molecule has 0 bridgehead atoms. The molecule has 4 aromatic rings. The Labute approximate surface area is 192 Å². The topological polar surface area (TPSA) is 92.9 Å². The van der Waals surface area contributed by atoms with Crippen molar-refractivity contribution in [1.82, 2.24) is 5.43 Å². The van der Waals surface area contributed by atoms with Crippen LogP contribution in [0.5, 0.6) is 5.75 Å². The summed E-state index contributed by atoms with van der Waals surface area (Å²) in [5, 5.41) is 7.53. The van der Waals surface area contributed by atoms with Crippen LogP contribution in [0.3, 0.4) is 0 Å². The van der Waals surface area contributed by atoms with E-state index in [1.807, 2.05) is 30.3 Å². The molecule has 0 saturated carbocycles. The van der Waals surface area contributed by atoms with Gasteiger partial charge >= 0.3 is 5.91 Å². The van der Waals surface area contributed by atoms with E-state index in [0.717, 1.165) is 15.4 Å². The molecule has 0 spiro atoms.